The molecule has 0 bridgehead atoms. The first-order valence-corrected chi connectivity index (χ1v) is 7.24. The van der Waals surface area contributed by atoms with Crippen LogP contribution in [0.25, 0.3) is 0 Å². The van der Waals surface area contributed by atoms with E-state index in [1.165, 1.54) is 12.1 Å². The lowest BCUT2D eigenvalue weighted by molar-refractivity contribution is 0.0914. The third-order valence-corrected chi connectivity index (χ3v) is 4.04. The second-order valence-corrected chi connectivity index (χ2v) is 5.67. The van der Waals surface area contributed by atoms with E-state index in [1.54, 1.807) is 6.07 Å². The highest BCUT2D eigenvalue weighted by Gasteiger charge is 2.21. The lowest BCUT2D eigenvalue weighted by Crippen LogP contribution is -2.44. The number of carbonyl (C=O) groups is 1. The summed E-state index contributed by atoms with van der Waals surface area (Å²) < 4.78 is 13.7. The second kappa shape index (κ2) is 6.82. The number of benzene rings is 1. The van der Waals surface area contributed by atoms with Gasteiger partial charge in [0.15, 0.2) is 0 Å². The third-order valence-electron chi connectivity index (χ3n) is 3.40. The van der Waals surface area contributed by atoms with Crippen molar-refractivity contribution in [1.29, 1.82) is 5.26 Å². The Morgan fingerprint density at radius 1 is 1.50 bits per heavy atom. The van der Waals surface area contributed by atoms with E-state index in [2.05, 4.69) is 32.2 Å². The number of hydrogen-bond donors (Lipinski definition) is 1. The molecule has 0 aliphatic carbocycles. The minimum atomic E-state index is -0.443. The van der Waals surface area contributed by atoms with E-state index in [0.29, 0.717) is 16.6 Å². The molecule has 2 rings (SSSR count). The van der Waals surface area contributed by atoms with Gasteiger partial charge >= 0.3 is 0 Å². The van der Waals surface area contributed by atoms with Crippen molar-refractivity contribution in [3.63, 3.8) is 0 Å². The lowest BCUT2D eigenvalue weighted by Gasteiger charge is -2.30. The van der Waals surface area contributed by atoms with Crippen LogP contribution < -0.4 is 5.32 Å². The molecule has 1 saturated heterocycles. The van der Waals surface area contributed by atoms with Gasteiger partial charge in [-0.05, 0) is 47.0 Å². The molecule has 1 fully saturated rings. The number of piperidine rings is 1. The average Bonchev–Trinajstić information content (AvgIpc) is 2.44. The van der Waals surface area contributed by atoms with Gasteiger partial charge in [0, 0.05) is 24.7 Å². The van der Waals surface area contributed by atoms with Gasteiger partial charge in [0.1, 0.15) is 5.82 Å². The van der Waals surface area contributed by atoms with Gasteiger partial charge in [0.05, 0.1) is 17.1 Å². The van der Waals surface area contributed by atoms with Crippen LogP contribution in [-0.4, -0.2) is 36.5 Å². The van der Waals surface area contributed by atoms with Gasteiger partial charge < -0.3 is 5.32 Å². The zero-order valence-corrected chi connectivity index (χ0v) is 12.5. The van der Waals surface area contributed by atoms with E-state index in [0.717, 1.165) is 25.9 Å². The Morgan fingerprint density at radius 2 is 2.20 bits per heavy atom. The molecule has 0 saturated carbocycles. The summed E-state index contributed by atoms with van der Waals surface area (Å²) in [6, 6.07) is 6.55. The quantitative estimate of drug-likeness (QED) is 0.859. The topological polar surface area (TPSA) is 56.1 Å². The largest absolute Gasteiger partial charge is 0.349 e. The summed E-state index contributed by atoms with van der Waals surface area (Å²) in [6.45, 7) is 2.03. The number of likely N-dealkylation sites (tertiary alicyclic amines) is 1. The molecule has 0 unspecified atom stereocenters. The molecular weight excluding hydrogens is 325 g/mol. The van der Waals surface area contributed by atoms with Crippen LogP contribution in [0.3, 0.4) is 0 Å². The van der Waals surface area contributed by atoms with Crippen LogP contribution >= 0.6 is 15.9 Å². The molecule has 4 nitrogen and oxygen atoms in total. The van der Waals surface area contributed by atoms with Gasteiger partial charge in [-0.15, -0.1) is 0 Å². The zero-order valence-electron chi connectivity index (χ0n) is 10.9. The summed E-state index contributed by atoms with van der Waals surface area (Å²) in [4.78, 5) is 14.1. The second-order valence-electron chi connectivity index (χ2n) is 4.81. The Balaban J connectivity index is 1.89. The van der Waals surface area contributed by atoms with Crippen molar-refractivity contribution in [2.45, 2.75) is 18.9 Å². The molecule has 0 aromatic heterocycles. The van der Waals surface area contributed by atoms with Crippen LogP contribution in [0.4, 0.5) is 4.39 Å². The van der Waals surface area contributed by atoms with Crippen molar-refractivity contribution in [2.75, 3.05) is 19.6 Å². The number of nitrogens with zero attached hydrogens (tertiary/aromatic N) is 2. The molecule has 1 aromatic rings. The van der Waals surface area contributed by atoms with E-state index in [4.69, 9.17) is 5.26 Å². The number of nitrogens with one attached hydrogen (secondary N) is 1. The first kappa shape index (κ1) is 14.9. The summed E-state index contributed by atoms with van der Waals surface area (Å²) in [7, 11) is 0. The Morgan fingerprint density at radius 3 is 2.80 bits per heavy atom. The number of rotatable bonds is 3. The normalized spacial score (nSPS) is 16.6. The van der Waals surface area contributed by atoms with Crippen LogP contribution in [-0.2, 0) is 0 Å². The summed E-state index contributed by atoms with van der Waals surface area (Å²) in [5.41, 5.74) is 0.324. The molecule has 20 heavy (non-hydrogen) atoms. The Labute approximate surface area is 125 Å². The Hall–Kier alpha value is -1.45. The minimum Gasteiger partial charge on any atom is -0.349 e. The molecule has 0 radical (unpaired) electrons. The molecule has 106 valence electrons. The molecule has 1 aromatic carbocycles. The van der Waals surface area contributed by atoms with Crippen molar-refractivity contribution in [2.24, 2.45) is 0 Å². The van der Waals surface area contributed by atoms with Crippen molar-refractivity contribution >= 4 is 21.8 Å². The van der Waals surface area contributed by atoms with E-state index in [9.17, 15) is 9.18 Å². The van der Waals surface area contributed by atoms with Gasteiger partial charge in [0.2, 0.25) is 0 Å². The van der Waals surface area contributed by atoms with Gasteiger partial charge in [-0.1, -0.05) is 0 Å². The summed E-state index contributed by atoms with van der Waals surface area (Å²) in [6.07, 6.45) is 1.62. The molecule has 1 N–H and O–H groups in total. The monoisotopic (exact) mass is 339 g/mol. The molecule has 1 heterocycles. The van der Waals surface area contributed by atoms with Crippen LogP contribution in [0.5, 0.6) is 0 Å². The van der Waals surface area contributed by atoms with Gasteiger partial charge in [-0.25, -0.2) is 4.39 Å². The Kier molecular flexibility index (Phi) is 5.10. The molecule has 0 atom stereocenters. The number of amides is 1. The minimum absolute atomic E-state index is 0.0872. The fourth-order valence-electron chi connectivity index (χ4n) is 2.24. The Bertz CT molecular complexity index is 536. The maximum atomic E-state index is 13.4. The van der Waals surface area contributed by atoms with Gasteiger partial charge in [0.25, 0.3) is 5.91 Å². The maximum Gasteiger partial charge on any atom is 0.251 e. The number of hydrogen-bond acceptors (Lipinski definition) is 3. The highest BCUT2D eigenvalue weighted by atomic mass is 79.9. The number of halogens is 2. The van der Waals surface area contributed by atoms with Crippen LogP contribution in [0.2, 0.25) is 0 Å². The molecule has 1 aliphatic rings. The standard InChI is InChI=1S/C14H15BrFN3O/c15-12-2-1-10(9-13(12)16)14(20)18-11-3-6-19(7-4-11)8-5-17/h1-2,9,11H,3-4,6-8H2,(H,18,20). The number of carbonyl (C=O) groups excluding carboxylic acids is 1. The molecule has 0 spiro atoms. The van der Waals surface area contributed by atoms with Crippen molar-refractivity contribution in [3.8, 4) is 6.07 Å². The van der Waals surface area contributed by atoms with Crippen molar-refractivity contribution < 1.29 is 9.18 Å². The summed E-state index contributed by atoms with van der Waals surface area (Å²) in [5.74, 6) is -0.698. The predicted molar refractivity (Wildman–Crippen MR) is 76.6 cm³/mol. The van der Waals surface area contributed by atoms with Gasteiger partial charge in [-0.2, -0.15) is 5.26 Å². The molecule has 6 heteroatoms. The SMILES string of the molecule is N#CCN1CCC(NC(=O)c2ccc(Br)c(F)c2)CC1. The van der Waals surface area contributed by atoms with E-state index in [-0.39, 0.29) is 11.9 Å². The summed E-state index contributed by atoms with van der Waals surface area (Å²) >= 11 is 3.06. The van der Waals surface area contributed by atoms with Crippen LogP contribution in [0.1, 0.15) is 23.2 Å². The van der Waals surface area contributed by atoms with E-state index in [1.807, 2.05) is 0 Å². The van der Waals surface area contributed by atoms with E-state index < -0.39 is 5.82 Å². The molecule has 1 amide bonds. The average molecular weight is 340 g/mol. The molecule has 1 aliphatic heterocycles. The van der Waals surface area contributed by atoms with Gasteiger partial charge in [-0.3, -0.25) is 9.69 Å². The summed E-state index contributed by atoms with van der Waals surface area (Å²) in [5, 5.41) is 11.5. The highest BCUT2D eigenvalue weighted by molar-refractivity contribution is 9.10. The fourth-order valence-corrected chi connectivity index (χ4v) is 2.49. The van der Waals surface area contributed by atoms with Crippen LogP contribution in [0, 0.1) is 17.1 Å². The van der Waals surface area contributed by atoms with Crippen LogP contribution in [0.15, 0.2) is 22.7 Å². The van der Waals surface area contributed by atoms with E-state index >= 15 is 0 Å². The first-order valence-electron chi connectivity index (χ1n) is 6.45. The smallest absolute Gasteiger partial charge is 0.251 e. The molecular formula is C14H15BrFN3O. The van der Waals surface area contributed by atoms with Crippen molar-refractivity contribution in [1.82, 2.24) is 10.2 Å². The van der Waals surface area contributed by atoms with Crippen molar-refractivity contribution in [3.05, 3.63) is 34.1 Å². The zero-order chi connectivity index (χ0) is 14.5. The highest BCUT2D eigenvalue weighted by Crippen LogP contribution is 2.17. The third kappa shape index (κ3) is 3.78. The first-order chi connectivity index (χ1) is 9.60. The number of nitriles is 1. The predicted octanol–water partition coefficient (Wildman–Crippen LogP) is 2.31. The maximum absolute atomic E-state index is 13.4. The fraction of sp³-hybridized carbons (Fsp3) is 0.429. The lowest BCUT2D eigenvalue weighted by atomic mass is 10.0.